The highest BCUT2D eigenvalue weighted by atomic mass is 32.1. The number of aromatic nitrogens is 2. The van der Waals surface area contributed by atoms with Crippen molar-refractivity contribution in [2.75, 3.05) is 9.80 Å². The maximum absolute atomic E-state index is 10.7. The third-order valence-electron chi connectivity index (χ3n) is 23.8. The van der Waals surface area contributed by atoms with Crippen molar-refractivity contribution in [2.45, 2.75) is 118 Å². The van der Waals surface area contributed by atoms with Crippen LogP contribution in [-0.4, -0.2) is 15.8 Å². The summed E-state index contributed by atoms with van der Waals surface area (Å²) in [5.41, 5.74) is 27.4. The van der Waals surface area contributed by atoms with Crippen LogP contribution in [0.25, 0.3) is 126 Å². The van der Waals surface area contributed by atoms with Crippen LogP contribution in [0, 0.1) is 11.3 Å². The molecule has 4 aromatic heterocycles. The number of nitriles is 1. The van der Waals surface area contributed by atoms with E-state index in [9.17, 15) is 10.7 Å². The van der Waals surface area contributed by atoms with Crippen LogP contribution in [0.1, 0.15) is 128 Å². The molecule has 13 aromatic carbocycles. The fraction of sp³-hybridized carbons (Fsp3) is 0.175. The molecule has 0 spiro atoms. The van der Waals surface area contributed by atoms with E-state index in [2.05, 4.69) is 351 Å². The molecule has 0 fully saturated rings. The first kappa shape index (κ1) is 63.7. The van der Waals surface area contributed by atoms with E-state index in [4.69, 9.17) is 4.42 Å². The van der Waals surface area contributed by atoms with Crippen LogP contribution in [-0.2, 0) is 28.1 Å². The van der Waals surface area contributed by atoms with E-state index in [1.54, 1.807) is 0 Å². The van der Waals surface area contributed by atoms with Gasteiger partial charge in [-0.05, 0) is 192 Å². The summed E-state index contributed by atoms with van der Waals surface area (Å²) in [6, 6.07) is 90.2. The Labute approximate surface area is 659 Å². The summed E-state index contributed by atoms with van der Waals surface area (Å²) in [4.78, 5) is 5.11. The van der Waals surface area contributed by atoms with Gasteiger partial charge in [-0.3, -0.25) is 0 Å². The summed E-state index contributed by atoms with van der Waals surface area (Å²) in [6.45, 7) is 27.1. The van der Waals surface area contributed by atoms with Gasteiger partial charge in [0.05, 0.1) is 39.5 Å². The van der Waals surface area contributed by atoms with E-state index in [0.29, 0.717) is 40.6 Å². The summed E-state index contributed by atoms with van der Waals surface area (Å²) in [5, 5.41) is 18.0. The first-order chi connectivity index (χ1) is 55.2. The Morgan fingerprint density at radius 1 is 0.414 bits per heavy atom. The first-order valence-electron chi connectivity index (χ1n) is 40.9. The Morgan fingerprint density at radius 2 is 0.946 bits per heavy atom. The zero-order chi connectivity index (χ0) is 79.4. The number of hydrogen-bond acceptors (Lipinski definition) is 5. The molecule has 0 unspecified atom stereocenters. The molecule has 0 atom stereocenters. The minimum Gasteiger partial charge on any atom is -0.455 e. The van der Waals surface area contributed by atoms with Crippen molar-refractivity contribution >= 4 is 149 Å². The lowest BCUT2D eigenvalue weighted by Crippen LogP contribution is -2.61. The molecule has 111 heavy (non-hydrogen) atoms. The molecule has 8 heteroatoms. The fourth-order valence-electron chi connectivity index (χ4n) is 18.0. The van der Waals surface area contributed by atoms with Gasteiger partial charge in [-0.15, -0.1) is 11.3 Å². The van der Waals surface area contributed by atoms with Gasteiger partial charge in [0, 0.05) is 128 Å². The highest BCUT2D eigenvalue weighted by Gasteiger charge is 2.46. The van der Waals surface area contributed by atoms with Crippen molar-refractivity contribution in [1.29, 1.82) is 5.26 Å². The molecule has 538 valence electrons. The third kappa shape index (κ3) is 10.9. The van der Waals surface area contributed by atoms with E-state index in [1.165, 1.54) is 53.2 Å². The summed E-state index contributed by atoms with van der Waals surface area (Å²) in [5.74, 6) is 0. The van der Waals surface area contributed by atoms with Gasteiger partial charge in [0.1, 0.15) is 11.2 Å². The Balaban J connectivity index is 0.962. The highest BCUT2D eigenvalue weighted by Crippen LogP contribution is 2.54. The van der Waals surface area contributed by atoms with Crippen molar-refractivity contribution < 1.29 is 9.90 Å². The quantitative estimate of drug-likeness (QED) is 0.118. The average Bonchev–Trinajstić information content (AvgIpc) is 1.18. The summed E-state index contributed by atoms with van der Waals surface area (Å²) in [6.07, 6.45) is 6.74. The number of anilines is 6. The molecular weight excluding hydrogens is 1370 g/mol. The van der Waals surface area contributed by atoms with Crippen LogP contribution in [0.2, 0.25) is 0 Å². The molecule has 0 N–H and O–H groups in total. The number of thiophene rings is 1. The van der Waals surface area contributed by atoms with Crippen LogP contribution in [0.15, 0.2) is 283 Å². The first-order valence-corrected chi connectivity index (χ1v) is 39.7. The second-order valence-electron chi connectivity index (χ2n) is 34.8. The van der Waals surface area contributed by atoms with Crippen molar-refractivity contribution in [1.82, 2.24) is 9.13 Å². The van der Waals surface area contributed by atoms with E-state index >= 15 is 0 Å². The lowest BCUT2D eigenvalue weighted by molar-refractivity contribution is 0.590. The highest BCUT2D eigenvalue weighted by molar-refractivity contribution is 7.26. The molecule has 0 bridgehead atoms. The number of furan rings is 1. The Bertz CT molecular complexity index is 7090. The molecule has 20 rings (SSSR count). The Kier molecular flexibility index (Phi) is 14.3. The number of nitrogens with zero attached hydrogens (tertiary/aromatic N) is 5. The number of hydrogen-bond donors (Lipinski definition) is 0. The normalized spacial score (nSPS) is 15.1. The van der Waals surface area contributed by atoms with Crippen LogP contribution in [0.5, 0.6) is 0 Å². The number of fused-ring (bicyclic) bond motifs is 17. The number of benzene rings is 13. The van der Waals surface area contributed by atoms with Crippen molar-refractivity contribution in [3.05, 3.63) is 312 Å². The summed E-state index contributed by atoms with van der Waals surface area (Å²) in [7, 11) is 0. The molecule has 0 saturated heterocycles. The predicted molar refractivity (Wildman–Crippen MR) is 474 cm³/mol. The topological polar surface area (TPSA) is 53.3 Å². The number of allylic oxidation sites excluding steroid dienone is 3. The molecule has 0 amide bonds. The van der Waals surface area contributed by atoms with E-state index in [1.807, 2.05) is 23.5 Å². The van der Waals surface area contributed by atoms with Gasteiger partial charge in [0.25, 0.3) is 6.71 Å². The third-order valence-corrected chi connectivity index (χ3v) is 24.9. The van der Waals surface area contributed by atoms with Crippen molar-refractivity contribution in [3.63, 3.8) is 0 Å². The molecular formula is C103H86BN5OS. The van der Waals surface area contributed by atoms with Crippen molar-refractivity contribution in [3.8, 4) is 50.8 Å². The maximum Gasteiger partial charge on any atom is 0.252 e. The number of para-hydroxylation sites is 2. The minimum absolute atomic E-state index is 0.105. The van der Waals surface area contributed by atoms with Gasteiger partial charge in [0.15, 0.2) is 0 Å². The van der Waals surface area contributed by atoms with Crippen LogP contribution < -0.4 is 26.2 Å². The summed E-state index contributed by atoms with van der Waals surface area (Å²) >= 11 is 1.81. The van der Waals surface area contributed by atoms with E-state index < -0.39 is 6.71 Å². The Morgan fingerprint density at radius 3 is 1.53 bits per heavy atom. The molecule has 17 aromatic rings. The fourth-order valence-corrected chi connectivity index (χ4v) is 19.1. The summed E-state index contributed by atoms with van der Waals surface area (Å²) < 4.78 is 52.8. The lowest BCUT2D eigenvalue weighted by Gasteiger charge is -2.45. The molecule has 0 radical (unpaired) electrons. The molecule has 0 saturated carbocycles. The molecule has 2 aliphatic heterocycles. The molecule has 3 aliphatic rings. The molecule has 6 heterocycles. The molecule has 6 nitrogen and oxygen atoms in total. The maximum atomic E-state index is 10.7. The average molecular weight is 1460 g/mol. The molecule has 1 aliphatic carbocycles. The largest absolute Gasteiger partial charge is 0.455 e. The van der Waals surface area contributed by atoms with Crippen LogP contribution >= 0.6 is 11.3 Å². The van der Waals surface area contributed by atoms with Gasteiger partial charge < -0.3 is 23.4 Å². The smallest absolute Gasteiger partial charge is 0.252 e. The second kappa shape index (κ2) is 24.9. The van der Waals surface area contributed by atoms with Crippen LogP contribution in [0.3, 0.4) is 0 Å². The van der Waals surface area contributed by atoms with Gasteiger partial charge in [0.2, 0.25) is 0 Å². The van der Waals surface area contributed by atoms with E-state index in [-0.39, 0.29) is 45.8 Å². The minimum atomic E-state index is -0.421. The zero-order valence-corrected chi connectivity index (χ0v) is 65.6. The SMILES string of the molecule is [2H]c1c([2H])c([2H])c2c(c1[2H])c1c(n2-c2ccc3c(c2)N(c2ccc(C(C)(C)C)cc2-c2ccccc2)c2cc(-c4cccc5c4oc4ccc6sc7ccccc7c6c45)cc4c2B3c2ccc(-n3c5ccc(C(C)(C)C)cc5c5cc(C(C)(C)C)ccc53)cc2N4c2ccc(C(C)(C)C)cc2-c2ccccc2)C/C=C\C/C(C#N)=C\1. The van der Waals surface area contributed by atoms with Gasteiger partial charge in [-0.1, -0.05) is 247 Å². The van der Waals surface area contributed by atoms with Crippen molar-refractivity contribution in [2.24, 2.45) is 0 Å². The zero-order valence-electron chi connectivity index (χ0n) is 68.8. The monoisotopic (exact) mass is 1460 g/mol. The Hall–Kier alpha value is -12.1. The lowest BCUT2D eigenvalue weighted by atomic mass is 9.33. The number of rotatable bonds is 7. The van der Waals surface area contributed by atoms with Gasteiger partial charge >= 0.3 is 0 Å². The predicted octanol–water partition coefficient (Wildman–Crippen LogP) is 26.7. The van der Waals surface area contributed by atoms with Gasteiger partial charge in [-0.2, -0.15) is 5.26 Å². The van der Waals surface area contributed by atoms with Crippen LogP contribution in [0.4, 0.5) is 34.1 Å². The standard InChI is InChI=1S/C103H86BN5OS/c1-100(2,3)66-38-46-85(76(55-66)63-27-15-13-16-28-63)108-89-59-70(106-83-35-23-20-31-73(83)78-52-62(61-105)26-19-22-36-84(78)106)42-44-81(89)104-82-45-43-71(107-87-48-40-68(102(7,8)9)57-79(87)80-58-69(103(10,11)12)41-49-88(80)107)60-90(82)109(86-47-39-67(101(4,5)6)56-77(86)64-29-17-14-18-30-64)92-54-65(53-91(108)98(92)104)72-33-25-34-75-96-93(110-99(72)75)50-51-95-97(96)74-32-21-24-37-94(74)111-95/h13-25,27-35,37-60H,26,36H2,1-12H3/b22-19-,62-52+/i20D,23D,31D,35D. The second-order valence-corrected chi connectivity index (χ2v) is 35.9. The van der Waals surface area contributed by atoms with Gasteiger partial charge in [-0.25, -0.2) is 0 Å². The van der Waals surface area contributed by atoms with E-state index in [0.717, 1.165) is 128 Å².